The minimum atomic E-state index is -2.95. The molecule has 1 saturated heterocycles. The van der Waals surface area contributed by atoms with E-state index < -0.39 is 11.7 Å². The Labute approximate surface area is 176 Å². The lowest BCUT2D eigenvalue weighted by Gasteiger charge is -2.26. The normalized spacial score (nSPS) is 14.5. The Hall–Kier alpha value is -3.47. The number of ether oxygens (including phenoxy) is 1. The summed E-state index contributed by atoms with van der Waals surface area (Å²) in [6.07, 6.45) is 1.08. The van der Waals surface area contributed by atoms with Gasteiger partial charge in [0.1, 0.15) is 0 Å². The average Bonchev–Trinajstić information content (AvgIpc) is 2.77. The first-order valence-corrected chi connectivity index (χ1v) is 9.55. The number of rotatable bonds is 5. The number of morpholine rings is 1. The van der Waals surface area contributed by atoms with Crippen LogP contribution in [-0.2, 0) is 10.7 Å². The largest absolute Gasteiger partial charge is 0.382 e. The van der Waals surface area contributed by atoms with Gasteiger partial charge < -0.3 is 20.7 Å². The van der Waals surface area contributed by atoms with E-state index in [9.17, 15) is 13.2 Å². The zero-order valence-corrected chi connectivity index (χ0v) is 16.6. The Morgan fingerprint density at radius 1 is 1.13 bits per heavy atom. The summed E-state index contributed by atoms with van der Waals surface area (Å²) in [5, 5.41) is 10.6. The highest BCUT2D eigenvalue weighted by atomic mass is 19.3. The van der Waals surface area contributed by atoms with Gasteiger partial charge >= 0.3 is 0 Å². The quantitative estimate of drug-likeness (QED) is 0.634. The lowest BCUT2D eigenvalue weighted by molar-refractivity contribution is 0.0175. The zero-order chi connectivity index (χ0) is 22.0. The topological polar surface area (TPSA) is 102 Å². The van der Waals surface area contributed by atoms with Gasteiger partial charge in [-0.3, -0.25) is 0 Å². The van der Waals surface area contributed by atoms with Crippen LogP contribution >= 0.6 is 0 Å². The molecular formula is C20H20F3N7O. The van der Waals surface area contributed by atoms with Gasteiger partial charge in [-0.25, -0.2) is 18.2 Å². The van der Waals surface area contributed by atoms with Gasteiger partial charge in [-0.2, -0.15) is 4.98 Å². The molecule has 31 heavy (non-hydrogen) atoms. The summed E-state index contributed by atoms with van der Waals surface area (Å²) in [4.78, 5) is 10.2. The van der Waals surface area contributed by atoms with Crippen LogP contribution in [0.2, 0.25) is 0 Å². The van der Waals surface area contributed by atoms with Gasteiger partial charge in [0.15, 0.2) is 23.3 Å². The number of hydrogen-bond donors (Lipinski definition) is 2. The van der Waals surface area contributed by atoms with Crippen molar-refractivity contribution in [2.24, 2.45) is 0 Å². The van der Waals surface area contributed by atoms with Gasteiger partial charge in [0, 0.05) is 31.1 Å². The van der Waals surface area contributed by atoms with Crippen LogP contribution in [-0.4, -0.2) is 46.5 Å². The maximum absolute atomic E-state index is 14.3. The first kappa shape index (κ1) is 20.8. The van der Waals surface area contributed by atoms with E-state index in [1.54, 1.807) is 6.07 Å². The first-order chi connectivity index (χ1) is 14.8. The van der Waals surface area contributed by atoms with Crippen molar-refractivity contribution in [1.82, 2.24) is 20.2 Å². The van der Waals surface area contributed by atoms with E-state index >= 15 is 0 Å². The minimum absolute atomic E-state index is 0.0671. The molecule has 0 atom stereocenters. The van der Waals surface area contributed by atoms with Crippen molar-refractivity contribution < 1.29 is 17.9 Å². The third-order valence-corrected chi connectivity index (χ3v) is 4.80. The highest BCUT2D eigenvalue weighted by molar-refractivity contribution is 5.76. The van der Waals surface area contributed by atoms with Crippen molar-refractivity contribution in [3.05, 3.63) is 47.9 Å². The Morgan fingerprint density at radius 2 is 1.84 bits per heavy atom. The second-order valence-corrected chi connectivity index (χ2v) is 7.09. The van der Waals surface area contributed by atoms with Crippen LogP contribution in [0.4, 0.5) is 36.6 Å². The van der Waals surface area contributed by atoms with Crippen LogP contribution in [0.3, 0.4) is 0 Å². The molecule has 0 spiro atoms. The Bertz CT molecular complexity index is 1070. The van der Waals surface area contributed by atoms with Gasteiger partial charge in [-0.05, 0) is 11.6 Å². The maximum atomic E-state index is 14.3. The monoisotopic (exact) mass is 431 g/mol. The van der Waals surface area contributed by atoms with Gasteiger partial charge in [0.25, 0.3) is 5.92 Å². The zero-order valence-electron chi connectivity index (χ0n) is 16.6. The molecule has 0 saturated carbocycles. The number of anilines is 4. The summed E-state index contributed by atoms with van der Waals surface area (Å²) < 4.78 is 46.5. The molecule has 0 amide bonds. The molecule has 0 radical (unpaired) electrons. The summed E-state index contributed by atoms with van der Waals surface area (Å²) >= 11 is 0. The van der Waals surface area contributed by atoms with E-state index in [4.69, 9.17) is 10.5 Å². The van der Waals surface area contributed by atoms with Gasteiger partial charge in [-0.1, -0.05) is 24.3 Å². The molecule has 0 unspecified atom stereocenters. The van der Waals surface area contributed by atoms with Crippen LogP contribution in [0.25, 0.3) is 11.1 Å². The Balaban J connectivity index is 1.60. The van der Waals surface area contributed by atoms with E-state index in [1.807, 2.05) is 4.90 Å². The molecule has 1 aliphatic heterocycles. The SMILES string of the molecule is CC(F)(F)c1ccc(-c2cc(Nc3nc(N4CCOCC4)ncc3F)nnc2N)cc1. The fourth-order valence-corrected chi connectivity index (χ4v) is 3.12. The molecular weight excluding hydrogens is 411 g/mol. The summed E-state index contributed by atoms with van der Waals surface area (Å²) in [5.74, 6) is -3.00. The first-order valence-electron chi connectivity index (χ1n) is 9.55. The molecule has 8 nitrogen and oxygen atoms in total. The number of benzene rings is 1. The molecule has 1 aromatic carbocycles. The van der Waals surface area contributed by atoms with Gasteiger partial charge in [0.05, 0.1) is 19.4 Å². The summed E-state index contributed by atoms with van der Waals surface area (Å²) in [7, 11) is 0. The second kappa shape index (κ2) is 8.34. The number of hydrogen-bond acceptors (Lipinski definition) is 8. The Kier molecular flexibility index (Phi) is 5.59. The molecule has 11 heteroatoms. The molecule has 3 N–H and O–H groups in total. The number of nitrogens with zero attached hydrogens (tertiary/aromatic N) is 5. The molecule has 1 aliphatic rings. The van der Waals surface area contributed by atoms with Crippen LogP contribution in [0.5, 0.6) is 0 Å². The van der Waals surface area contributed by atoms with Crippen molar-refractivity contribution in [2.75, 3.05) is 42.3 Å². The molecule has 162 valence electrons. The van der Waals surface area contributed by atoms with E-state index in [1.165, 1.54) is 24.3 Å². The molecule has 0 aliphatic carbocycles. The molecule has 4 rings (SSSR count). The van der Waals surface area contributed by atoms with E-state index in [0.29, 0.717) is 43.4 Å². The van der Waals surface area contributed by atoms with E-state index in [0.717, 1.165) is 13.1 Å². The minimum Gasteiger partial charge on any atom is -0.382 e. The van der Waals surface area contributed by atoms with Crippen LogP contribution in [0, 0.1) is 5.82 Å². The standard InChI is InChI=1S/C20H20F3N7O/c1-20(22,23)13-4-2-12(3-5-13)14-10-16(28-29-17(14)24)26-18-15(21)11-25-19(27-18)30-6-8-31-9-7-30/h2-5,10-11H,6-9H2,1H3,(H2,24,29)(H,25,26,27,28). The third kappa shape index (κ3) is 4.66. The third-order valence-electron chi connectivity index (χ3n) is 4.80. The summed E-state index contributed by atoms with van der Waals surface area (Å²) in [6.45, 7) is 3.11. The number of alkyl halides is 2. The van der Waals surface area contributed by atoms with Crippen molar-refractivity contribution in [3.8, 4) is 11.1 Å². The molecule has 3 heterocycles. The predicted octanol–water partition coefficient (Wildman–Crippen LogP) is 3.35. The van der Waals surface area contributed by atoms with Crippen molar-refractivity contribution >= 4 is 23.4 Å². The smallest absolute Gasteiger partial charge is 0.270 e. The molecule has 2 aromatic heterocycles. The fraction of sp³-hybridized carbons (Fsp3) is 0.300. The highest BCUT2D eigenvalue weighted by Gasteiger charge is 2.24. The van der Waals surface area contributed by atoms with E-state index in [2.05, 4.69) is 25.5 Å². The summed E-state index contributed by atoms with van der Waals surface area (Å²) in [5.41, 5.74) is 6.84. The average molecular weight is 431 g/mol. The van der Waals surface area contributed by atoms with Gasteiger partial charge in [0.2, 0.25) is 5.95 Å². The van der Waals surface area contributed by atoms with Crippen molar-refractivity contribution in [3.63, 3.8) is 0 Å². The number of aromatic nitrogens is 4. The van der Waals surface area contributed by atoms with E-state index in [-0.39, 0.29) is 23.0 Å². The maximum Gasteiger partial charge on any atom is 0.270 e. The van der Waals surface area contributed by atoms with Crippen molar-refractivity contribution in [2.45, 2.75) is 12.8 Å². The highest BCUT2D eigenvalue weighted by Crippen LogP contribution is 2.31. The number of nitrogen functional groups attached to an aromatic ring is 1. The molecule has 3 aromatic rings. The van der Waals surface area contributed by atoms with Crippen LogP contribution < -0.4 is 16.0 Å². The van der Waals surface area contributed by atoms with Crippen molar-refractivity contribution in [1.29, 1.82) is 0 Å². The lowest BCUT2D eigenvalue weighted by Crippen LogP contribution is -2.37. The van der Waals surface area contributed by atoms with Crippen LogP contribution in [0.15, 0.2) is 36.5 Å². The number of nitrogens with two attached hydrogens (primary N) is 1. The predicted molar refractivity (Wildman–Crippen MR) is 110 cm³/mol. The number of nitrogens with one attached hydrogen (secondary N) is 1. The Morgan fingerprint density at radius 3 is 2.52 bits per heavy atom. The fourth-order valence-electron chi connectivity index (χ4n) is 3.12. The number of halogens is 3. The van der Waals surface area contributed by atoms with Gasteiger partial charge in [-0.15, -0.1) is 10.2 Å². The lowest BCUT2D eigenvalue weighted by atomic mass is 10.0. The molecule has 0 bridgehead atoms. The second-order valence-electron chi connectivity index (χ2n) is 7.09. The van der Waals surface area contributed by atoms with Crippen LogP contribution in [0.1, 0.15) is 12.5 Å². The summed E-state index contributed by atoms with van der Waals surface area (Å²) in [6, 6.07) is 7.23. The molecule has 1 fully saturated rings.